The van der Waals surface area contributed by atoms with E-state index in [9.17, 15) is 14.4 Å². The molecule has 9 nitrogen and oxygen atoms in total. The number of amides is 1. The summed E-state index contributed by atoms with van der Waals surface area (Å²) in [4.78, 5) is 41.1. The molecule has 38 heavy (non-hydrogen) atoms. The van der Waals surface area contributed by atoms with Crippen LogP contribution in [0.15, 0.2) is 29.2 Å². The second-order valence-electron chi connectivity index (χ2n) is 9.74. The van der Waals surface area contributed by atoms with Gasteiger partial charge < -0.3 is 10.1 Å². The Bertz CT molecular complexity index is 1630. The summed E-state index contributed by atoms with van der Waals surface area (Å²) in [7, 11) is 0. The topological polar surface area (TPSA) is 108 Å². The predicted octanol–water partition coefficient (Wildman–Crippen LogP) is 4.82. The number of aryl methyl sites for hydroxylation is 4. The summed E-state index contributed by atoms with van der Waals surface area (Å²) in [6, 6.07) is 5.01. The molecule has 198 valence electrons. The number of aromatic nitrogens is 4. The van der Waals surface area contributed by atoms with E-state index in [1.54, 1.807) is 31.6 Å². The maximum absolute atomic E-state index is 13.7. The normalized spacial score (nSPS) is 13.8. The van der Waals surface area contributed by atoms with Gasteiger partial charge in [-0.25, -0.2) is 14.2 Å². The van der Waals surface area contributed by atoms with Crippen LogP contribution in [0.4, 0.5) is 5.00 Å². The van der Waals surface area contributed by atoms with Gasteiger partial charge in [0.25, 0.3) is 5.56 Å². The molecule has 0 bridgehead atoms. The lowest BCUT2D eigenvalue weighted by molar-refractivity contribution is -0.119. The number of nitrogens with one attached hydrogen (secondary N) is 1. The first kappa shape index (κ1) is 25.8. The largest absolute Gasteiger partial charge is 0.462 e. The van der Waals surface area contributed by atoms with Crippen molar-refractivity contribution in [3.8, 4) is 5.69 Å². The van der Waals surface area contributed by atoms with Crippen LogP contribution in [0.5, 0.6) is 0 Å². The van der Waals surface area contributed by atoms with E-state index in [0.29, 0.717) is 27.2 Å². The first-order valence-corrected chi connectivity index (χ1v) is 13.7. The Morgan fingerprint density at radius 1 is 1.18 bits per heavy atom. The van der Waals surface area contributed by atoms with E-state index in [0.717, 1.165) is 52.9 Å². The molecule has 1 aliphatic carbocycles. The van der Waals surface area contributed by atoms with E-state index < -0.39 is 23.5 Å². The Hall–Kier alpha value is -3.79. The van der Waals surface area contributed by atoms with Gasteiger partial charge in [0.05, 0.1) is 29.7 Å². The molecule has 1 N–H and O–H groups in total. The number of esters is 1. The van der Waals surface area contributed by atoms with Crippen LogP contribution in [-0.2, 0) is 22.4 Å². The second-order valence-corrected chi connectivity index (χ2v) is 10.8. The fourth-order valence-electron chi connectivity index (χ4n) is 5.08. The summed E-state index contributed by atoms with van der Waals surface area (Å²) in [5.74, 6) is -0.861. The average molecular weight is 534 g/mol. The molecular weight excluding hydrogens is 502 g/mol. The van der Waals surface area contributed by atoms with Crippen molar-refractivity contribution >= 4 is 39.1 Å². The number of anilines is 1. The molecule has 0 fully saturated rings. The summed E-state index contributed by atoms with van der Waals surface area (Å²) >= 11 is 1.42. The quantitative estimate of drug-likeness (QED) is 0.356. The lowest BCUT2D eigenvalue weighted by Crippen LogP contribution is -2.34. The van der Waals surface area contributed by atoms with E-state index in [4.69, 9.17) is 4.74 Å². The minimum absolute atomic E-state index is 0.250. The predicted molar refractivity (Wildman–Crippen MR) is 148 cm³/mol. The second kappa shape index (κ2) is 10.2. The van der Waals surface area contributed by atoms with Gasteiger partial charge in [-0.3, -0.25) is 9.59 Å². The van der Waals surface area contributed by atoms with Crippen LogP contribution in [0.25, 0.3) is 16.6 Å². The van der Waals surface area contributed by atoms with Crippen LogP contribution >= 0.6 is 11.3 Å². The van der Waals surface area contributed by atoms with Gasteiger partial charge >= 0.3 is 5.97 Å². The van der Waals surface area contributed by atoms with Crippen molar-refractivity contribution in [1.29, 1.82) is 0 Å². The number of ether oxygens (including phenoxy) is 1. The molecule has 1 atom stereocenters. The smallest absolute Gasteiger partial charge is 0.341 e. The number of thiophene rings is 1. The van der Waals surface area contributed by atoms with Crippen molar-refractivity contribution in [2.24, 2.45) is 0 Å². The highest BCUT2D eigenvalue weighted by molar-refractivity contribution is 7.17. The average Bonchev–Trinajstić information content (AvgIpc) is 3.48. The molecule has 1 amide bonds. The SMILES string of the molecule is CCOC(=O)c1c(NC(=O)C(C)n2nc(C)c3cnn(-c4ccc(C)cc4C)c3c2=O)sc2c1CCCC2. The minimum Gasteiger partial charge on any atom is -0.462 e. The van der Waals surface area contributed by atoms with Crippen LogP contribution in [0.2, 0.25) is 0 Å². The minimum atomic E-state index is -0.928. The number of hydrogen-bond acceptors (Lipinski definition) is 7. The zero-order valence-electron chi connectivity index (χ0n) is 22.3. The van der Waals surface area contributed by atoms with Crippen LogP contribution in [0, 0.1) is 20.8 Å². The van der Waals surface area contributed by atoms with Gasteiger partial charge in [0.2, 0.25) is 5.91 Å². The molecule has 0 spiro atoms. The maximum atomic E-state index is 13.7. The number of fused-ring (bicyclic) bond motifs is 2. The number of benzene rings is 1. The van der Waals surface area contributed by atoms with E-state index in [1.807, 2.05) is 32.0 Å². The van der Waals surface area contributed by atoms with Crippen molar-refractivity contribution in [3.05, 3.63) is 67.6 Å². The fraction of sp³-hybridized carbons (Fsp3) is 0.393. The van der Waals surface area contributed by atoms with Crippen LogP contribution in [-0.4, -0.2) is 38.0 Å². The number of carbonyl (C=O) groups is 2. The third-order valence-corrected chi connectivity index (χ3v) is 8.25. The summed E-state index contributed by atoms with van der Waals surface area (Å²) in [5, 5.41) is 13.0. The molecule has 5 rings (SSSR count). The van der Waals surface area contributed by atoms with Gasteiger partial charge in [0, 0.05) is 10.3 Å². The Balaban J connectivity index is 1.53. The van der Waals surface area contributed by atoms with Crippen LogP contribution < -0.4 is 10.9 Å². The van der Waals surface area contributed by atoms with E-state index in [2.05, 4.69) is 15.5 Å². The molecule has 3 aromatic heterocycles. The molecule has 1 aliphatic rings. The van der Waals surface area contributed by atoms with E-state index in [1.165, 1.54) is 16.0 Å². The van der Waals surface area contributed by atoms with Crippen molar-refractivity contribution in [2.45, 2.75) is 66.3 Å². The van der Waals surface area contributed by atoms with Crippen LogP contribution in [0.3, 0.4) is 0 Å². The lowest BCUT2D eigenvalue weighted by atomic mass is 9.95. The molecule has 1 aromatic carbocycles. The number of nitrogens with zero attached hydrogens (tertiary/aromatic N) is 4. The van der Waals surface area contributed by atoms with Crippen molar-refractivity contribution in [1.82, 2.24) is 19.6 Å². The van der Waals surface area contributed by atoms with E-state index >= 15 is 0 Å². The van der Waals surface area contributed by atoms with Crippen molar-refractivity contribution in [3.63, 3.8) is 0 Å². The Labute approximate surface area is 224 Å². The lowest BCUT2D eigenvalue weighted by Gasteiger charge is -2.16. The summed E-state index contributed by atoms with van der Waals surface area (Å²) < 4.78 is 8.13. The first-order chi connectivity index (χ1) is 18.2. The summed E-state index contributed by atoms with van der Waals surface area (Å²) in [5.41, 5.74) is 4.83. The van der Waals surface area contributed by atoms with Gasteiger partial charge in [-0.15, -0.1) is 11.3 Å². The van der Waals surface area contributed by atoms with Gasteiger partial charge in [-0.1, -0.05) is 17.7 Å². The molecule has 3 heterocycles. The number of hydrogen-bond donors (Lipinski definition) is 1. The Kier molecular flexibility index (Phi) is 6.92. The Morgan fingerprint density at radius 3 is 2.68 bits per heavy atom. The highest BCUT2D eigenvalue weighted by Crippen LogP contribution is 2.39. The molecular formula is C28H31N5O4S. The van der Waals surface area contributed by atoms with Crippen molar-refractivity contribution in [2.75, 3.05) is 11.9 Å². The number of rotatable bonds is 6. The Morgan fingerprint density at radius 2 is 1.95 bits per heavy atom. The van der Waals surface area contributed by atoms with E-state index in [-0.39, 0.29) is 6.61 Å². The highest BCUT2D eigenvalue weighted by atomic mass is 32.1. The molecule has 0 aliphatic heterocycles. The molecule has 1 unspecified atom stereocenters. The molecule has 0 saturated heterocycles. The maximum Gasteiger partial charge on any atom is 0.341 e. The van der Waals surface area contributed by atoms with Gasteiger partial charge in [-0.05, 0) is 77.5 Å². The molecule has 0 saturated carbocycles. The zero-order chi connectivity index (χ0) is 27.1. The molecule has 4 aromatic rings. The van der Waals surface area contributed by atoms with Gasteiger partial charge in [0.15, 0.2) is 0 Å². The van der Waals surface area contributed by atoms with Gasteiger partial charge in [-0.2, -0.15) is 10.2 Å². The summed E-state index contributed by atoms with van der Waals surface area (Å²) in [6.07, 6.45) is 5.33. The summed E-state index contributed by atoms with van der Waals surface area (Å²) in [6.45, 7) is 9.42. The standard InChI is InChI=1S/C28H31N5O4S/c1-6-37-28(36)23-19-9-7-8-10-22(19)38-26(23)30-25(34)18(5)32-27(35)24-20(17(4)31-32)14-29-33(24)21-12-11-15(2)13-16(21)3/h11-14,18H,6-10H2,1-5H3,(H,30,34). The molecule has 0 radical (unpaired) electrons. The zero-order valence-corrected chi connectivity index (χ0v) is 23.1. The first-order valence-electron chi connectivity index (χ1n) is 12.9. The third-order valence-electron chi connectivity index (χ3n) is 7.04. The third kappa shape index (κ3) is 4.42. The van der Waals surface area contributed by atoms with Crippen molar-refractivity contribution < 1.29 is 14.3 Å². The van der Waals surface area contributed by atoms with Gasteiger partial charge in [0.1, 0.15) is 16.6 Å². The number of carbonyl (C=O) groups excluding carboxylic acids is 2. The highest BCUT2D eigenvalue weighted by Gasteiger charge is 2.29. The molecule has 10 heteroatoms. The monoisotopic (exact) mass is 533 g/mol. The van der Waals surface area contributed by atoms with Crippen LogP contribution in [0.1, 0.15) is 70.4 Å². The fourth-order valence-corrected chi connectivity index (χ4v) is 6.36.